The molecule has 1 saturated heterocycles. The van der Waals surface area contributed by atoms with Crippen molar-refractivity contribution < 1.29 is 9.21 Å². The molecule has 2 aromatic rings. The molecule has 1 aliphatic heterocycles. The molecular weight excluding hydrogens is 294 g/mol. The summed E-state index contributed by atoms with van der Waals surface area (Å²) in [5, 5.41) is 4.29. The van der Waals surface area contributed by atoms with Gasteiger partial charge in [-0.3, -0.25) is 4.79 Å². The molecule has 1 aromatic heterocycles. The van der Waals surface area contributed by atoms with Crippen molar-refractivity contribution >= 4 is 22.6 Å². The molecule has 6 nitrogen and oxygen atoms in total. The zero-order valence-electron chi connectivity index (χ0n) is 13.3. The first-order valence-corrected chi connectivity index (χ1v) is 7.79. The van der Waals surface area contributed by atoms with Gasteiger partial charge in [0.05, 0.1) is 12.1 Å². The molecule has 0 spiro atoms. The molecule has 6 heteroatoms. The van der Waals surface area contributed by atoms with Crippen LogP contribution in [0.4, 0.5) is 5.69 Å². The molecule has 0 aliphatic carbocycles. The second kappa shape index (κ2) is 6.04. The van der Waals surface area contributed by atoms with Crippen molar-refractivity contribution in [3.63, 3.8) is 0 Å². The number of hydrogen-bond acceptors (Lipinski definition) is 5. The second-order valence-electron chi connectivity index (χ2n) is 6.27. The van der Waals surface area contributed by atoms with Gasteiger partial charge in [0.15, 0.2) is 5.58 Å². The Balaban J connectivity index is 2.06. The number of amides is 1. The minimum absolute atomic E-state index is 0.107. The molecule has 2 heterocycles. The Morgan fingerprint density at radius 1 is 1.35 bits per heavy atom. The van der Waals surface area contributed by atoms with E-state index in [0.29, 0.717) is 23.2 Å². The number of nitrogens with one attached hydrogen (secondary N) is 1. The van der Waals surface area contributed by atoms with Crippen LogP contribution in [-0.2, 0) is 11.2 Å². The molecule has 3 N–H and O–H groups in total. The summed E-state index contributed by atoms with van der Waals surface area (Å²) in [4.78, 5) is 25.4. The number of hydrogen-bond donors (Lipinski definition) is 2. The number of rotatable bonds is 3. The van der Waals surface area contributed by atoms with Gasteiger partial charge in [-0.15, -0.1) is 0 Å². The summed E-state index contributed by atoms with van der Waals surface area (Å²) in [6, 6.07) is 8.18. The van der Waals surface area contributed by atoms with Gasteiger partial charge in [0.25, 0.3) is 0 Å². The monoisotopic (exact) mass is 315 g/mol. The fourth-order valence-corrected chi connectivity index (χ4v) is 3.26. The normalized spacial score (nSPS) is 21.6. The number of piperazine rings is 1. The largest absolute Gasteiger partial charge is 0.420 e. The van der Waals surface area contributed by atoms with E-state index in [1.807, 2.05) is 18.2 Å². The summed E-state index contributed by atoms with van der Waals surface area (Å²) in [6.07, 6.45) is -0.107. The maximum Gasteiger partial charge on any atom is 0.340 e. The van der Waals surface area contributed by atoms with Crippen molar-refractivity contribution in [2.24, 2.45) is 5.73 Å². The van der Waals surface area contributed by atoms with Gasteiger partial charge in [-0.1, -0.05) is 12.1 Å². The van der Waals surface area contributed by atoms with E-state index < -0.39 is 11.5 Å². The highest BCUT2D eigenvalue weighted by molar-refractivity contribution is 5.90. The van der Waals surface area contributed by atoms with Gasteiger partial charge < -0.3 is 20.4 Å². The van der Waals surface area contributed by atoms with Gasteiger partial charge in [-0.25, -0.2) is 4.79 Å². The van der Waals surface area contributed by atoms with E-state index in [9.17, 15) is 9.59 Å². The molecule has 122 valence electrons. The zero-order valence-corrected chi connectivity index (χ0v) is 13.3. The summed E-state index contributed by atoms with van der Waals surface area (Å²) >= 11 is 0. The highest BCUT2D eigenvalue weighted by Gasteiger charge is 2.23. The molecule has 0 bridgehead atoms. The summed E-state index contributed by atoms with van der Waals surface area (Å²) < 4.78 is 5.52. The van der Waals surface area contributed by atoms with Gasteiger partial charge >= 0.3 is 5.63 Å². The lowest BCUT2D eigenvalue weighted by Crippen LogP contribution is -2.54. The van der Waals surface area contributed by atoms with E-state index in [1.165, 1.54) is 0 Å². The molecule has 1 amide bonds. The first kappa shape index (κ1) is 15.6. The van der Waals surface area contributed by atoms with Crippen LogP contribution in [0.15, 0.2) is 33.5 Å². The Hall–Kier alpha value is -2.34. The van der Waals surface area contributed by atoms with Gasteiger partial charge in [-0.2, -0.15) is 0 Å². The average Bonchev–Trinajstić information content (AvgIpc) is 2.46. The van der Waals surface area contributed by atoms with E-state index in [-0.39, 0.29) is 6.42 Å². The Kier molecular flexibility index (Phi) is 4.09. The van der Waals surface area contributed by atoms with Crippen LogP contribution in [0.5, 0.6) is 0 Å². The van der Waals surface area contributed by atoms with E-state index >= 15 is 0 Å². The van der Waals surface area contributed by atoms with Crippen molar-refractivity contribution in [3.8, 4) is 0 Å². The Bertz CT molecular complexity index is 789. The fourth-order valence-electron chi connectivity index (χ4n) is 3.26. The molecule has 0 saturated carbocycles. The molecule has 0 radical (unpaired) electrons. The number of nitrogens with two attached hydrogens (primary N) is 1. The zero-order chi connectivity index (χ0) is 16.6. The van der Waals surface area contributed by atoms with Crippen molar-refractivity contribution in [2.45, 2.75) is 32.4 Å². The van der Waals surface area contributed by atoms with Crippen LogP contribution in [0, 0.1) is 0 Å². The Morgan fingerprint density at radius 2 is 2.04 bits per heavy atom. The van der Waals surface area contributed by atoms with E-state index in [0.717, 1.165) is 24.2 Å². The molecule has 1 fully saturated rings. The van der Waals surface area contributed by atoms with Gasteiger partial charge in [-0.05, 0) is 26.0 Å². The van der Waals surface area contributed by atoms with Crippen LogP contribution in [0.1, 0.15) is 19.4 Å². The summed E-state index contributed by atoms with van der Waals surface area (Å²) in [5.41, 5.74) is 6.45. The number of para-hydroxylation sites is 1. The third-order valence-corrected chi connectivity index (χ3v) is 4.07. The molecule has 2 atom stereocenters. The van der Waals surface area contributed by atoms with E-state index in [1.54, 1.807) is 6.07 Å². The minimum atomic E-state index is -0.544. The van der Waals surface area contributed by atoms with Crippen LogP contribution < -0.4 is 21.6 Å². The SMILES string of the molecule is CC1CN(c2cccc3cc(CC(N)=O)c(=O)oc23)CC(C)N1. The Morgan fingerprint density at radius 3 is 2.70 bits per heavy atom. The van der Waals surface area contributed by atoms with Gasteiger partial charge in [0.1, 0.15) is 0 Å². The fraction of sp³-hybridized carbons (Fsp3) is 0.412. The van der Waals surface area contributed by atoms with Crippen LogP contribution in [-0.4, -0.2) is 31.1 Å². The maximum absolute atomic E-state index is 12.1. The lowest BCUT2D eigenvalue weighted by atomic mass is 10.1. The Labute approximate surface area is 134 Å². The maximum atomic E-state index is 12.1. The third-order valence-electron chi connectivity index (χ3n) is 4.07. The number of fused-ring (bicyclic) bond motifs is 1. The molecular formula is C17H21N3O3. The molecule has 3 rings (SSSR count). The first-order chi connectivity index (χ1) is 10.9. The number of anilines is 1. The van der Waals surface area contributed by atoms with Crippen molar-refractivity contribution in [3.05, 3.63) is 40.2 Å². The van der Waals surface area contributed by atoms with Crippen molar-refractivity contribution in [2.75, 3.05) is 18.0 Å². The van der Waals surface area contributed by atoms with E-state index in [2.05, 4.69) is 24.1 Å². The minimum Gasteiger partial charge on any atom is -0.420 e. The second-order valence-corrected chi connectivity index (χ2v) is 6.27. The average molecular weight is 315 g/mol. The van der Waals surface area contributed by atoms with Crippen LogP contribution >= 0.6 is 0 Å². The third kappa shape index (κ3) is 3.22. The molecule has 1 aromatic carbocycles. The molecule has 2 unspecified atom stereocenters. The van der Waals surface area contributed by atoms with Crippen molar-refractivity contribution in [1.29, 1.82) is 0 Å². The lowest BCUT2D eigenvalue weighted by Gasteiger charge is -2.37. The van der Waals surface area contributed by atoms with Crippen LogP contribution in [0.25, 0.3) is 11.0 Å². The predicted molar refractivity (Wildman–Crippen MR) is 89.7 cm³/mol. The number of nitrogens with zero attached hydrogens (tertiary/aromatic N) is 1. The smallest absolute Gasteiger partial charge is 0.340 e. The van der Waals surface area contributed by atoms with Gasteiger partial charge in [0, 0.05) is 36.1 Å². The summed E-state index contributed by atoms with van der Waals surface area (Å²) in [6.45, 7) is 5.95. The number of primary amides is 1. The van der Waals surface area contributed by atoms with Crippen molar-refractivity contribution in [1.82, 2.24) is 5.32 Å². The highest BCUT2D eigenvalue weighted by atomic mass is 16.4. The lowest BCUT2D eigenvalue weighted by molar-refractivity contribution is -0.117. The first-order valence-electron chi connectivity index (χ1n) is 7.79. The quantitative estimate of drug-likeness (QED) is 0.825. The number of benzene rings is 1. The summed E-state index contributed by atoms with van der Waals surface area (Å²) in [7, 11) is 0. The van der Waals surface area contributed by atoms with Crippen LogP contribution in [0.2, 0.25) is 0 Å². The topological polar surface area (TPSA) is 88.6 Å². The standard InChI is InChI=1S/C17H21N3O3/c1-10-8-20(9-11(2)19-10)14-5-3-4-12-6-13(7-15(18)21)17(22)23-16(12)14/h3-6,10-11,19H,7-9H2,1-2H3,(H2,18,21). The van der Waals surface area contributed by atoms with E-state index in [4.69, 9.17) is 10.2 Å². The molecule has 1 aliphatic rings. The summed E-state index contributed by atoms with van der Waals surface area (Å²) in [5.74, 6) is -0.544. The molecule has 23 heavy (non-hydrogen) atoms. The van der Waals surface area contributed by atoms with Gasteiger partial charge in [0.2, 0.25) is 5.91 Å². The highest BCUT2D eigenvalue weighted by Crippen LogP contribution is 2.27. The predicted octanol–water partition coefficient (Wildman–Crippen LogP) is 1.01. The number of carbonyl (C=O) groups is 1. The van der Waals surface area contributed by atoms with Crippen LogP contribution in [0.3, 0.4) is 0 Å². The number of carbonyl (C=O) groups excluding carboxylic acids is 1.